The smallest absolute Gasteiger partial charge is 0.241 e. The molecule has 3 rings (SSSR count). The number of amides is 1. The highest BCUT2D eigenvalue weighted by Gasteiger charge is 2.21. The lowest BCUT2D eigenvalue weighted by atomic mass is 10.0. The molecule has 1 atom stereocenters. The van der Waals surface area contributed by atoms with Gasteiger partial charge in [-0.25, -0.2) is 0 Å². The number of benzene rings is 2. The van der Waals surface area contributed by atoms with Crippen LogP contribution in [0.5, 0.6) is 0 Å². The van der Waals surface area contributed by atoms with Crippen molar-refractivity contribution in [3.05, 3.63) is 65.7 Å². The van der Waals surface area contributed by atoms with Gasteiger partial charge in [-0.2, -0.15) is 0 Å². The predicted molar refractivity (Wildman–Crippen MR) is 89.9 cm³/mol. The van der Waals surface area contributed by atoms with Gasteiger partial charge in [0.2, 0.25) is 5.91 Å². The van der Waals surface area contributed by atoms with Crippen molar-refractivity contribution in [2.45, 2.75) is 31.7 Å². The number of anilines is 1. The second kappa shape index (κ2) is 7.23. The minimum atomic E-state index is -0.0299. The summed E-state index contributed by atoms with van der Waals surface area (Å²) in [5.74, 6) is 0.0783. The maximum Gasteiger partial charge on any atom is 0.241 e. The van der Waals surface area contributed by atoms with E-state index in [-0.39, 0.29) is 11.9 Å². The topological polar surface area (TPSA) is 41.1 Å². The molecule has 0 radical (unpaired) electrons. The fourth-order valence-electron chi connectivity index (χ4n) is 2.83. The normalized spacial score (nSPS) is 17.4. The molecule has 0 bridgehead atoms. The van der Waals surface area contributed by atoms with Gasteiger partial charge in [-0.1, -0.05) is 42.5 Å². The van der Waals surface area contributed by atoms with Crippen molar-refractivity contribution in [2.75, 3.05) is 11.9 Å². The number of carbonyl (C=O) groups is 1. The first-order chi connectivity index (χ1) is 10.8. The first-order valence-electron chi connectivity index (χ1n) is 7.98. The largest absolute Gasteiger partial charge is 0.325 e. The van der Waals surface area contributed by atoms with Crippen molar-refractivity contribution in [3.63, 3.8) is 0 Å². The van der Waals surface area contributed by atoms with E-state index in [1.807, 2.05) is 18.2 Å². The van der Waals surface area contributed by atoms with E-state index in [0.29, 0.717) is 0 Å². The summed E-state index contributed by atoms with van der Waals surface area (Å²) < 4.78 is 0. The van der Waals surface area contributed by atoms with Crippen LogP contribution in [0.25, 0.3) is 0 Å². The van der Waals surface area contributed by atoms with Crippen molar-refractivity contribution < 1.29 is 4.79 Å². The standard InChI is InChI=1S/C19H22N2O/c22-19(18-7-4-14-20-18)21-17-12-10-16(11-13-17)9-8-15-5-2-1-3-6-15/h1-3,5-6,10-13,18,20H,4,7-9,14H2,(H,21,22). The van der Waals surface area contributed by atoms with Gasteiger partial charge in [0.25, 0.3) is 0 Å². The monoisotopic (exact) mass is 294 g/mol. The Hall–Kier alpha value is -2.13. The Morgan fingerprint density at radius 3 is 2.32 bits per heavy atom. The van der Waals surface area contributed by atoms with Crippen LogP contribution >= 0.6 is 0 Å². The molecule has 1 amide bonds. The van der Waals surface area contributed by atoms with Crippen LogP contribution in [-0.4, -0.2) is 18.5 Å². The summed E-state index contributed by atoms with van der Waals surface area (Å²) in [7, 11) is 0. The average Bonchev–Trinajstić information content (AvgIpc) is 3.10. The van der Waals surface area contributed by atoms with Crippen LogP contribution in [0.2, 0.25) is 0 Å². The molecular weight excluding hydrogens is 272 g/mol. The highest BCUT2D eigenvalue weighted by Crippen LogP contribution is 2.14. The quantitative estimate of drug-likeness (QED) is 0.889. The molecule has 3 nitrogen and oxygen atoms in total. The summed E-state index contributed by atoms with van der Waals surface area (Å²) in [6.45, 7) is 0.941. The molecule has 114 valence electrons. The molecule has 0 spiro atoms. The summed E-state index contributed by atoms with van der Waals surface area (Å²) in [6, 6.07) is 18.7. The van der Waals surface area contributed by atoms with Gasteiger partial charge in [0.05, 0.1) is 6.04 Å². The lowest BCUT2D eigenvalue weighted by Gasteiger charge is -2.11. The number of nitrogens with one attached hydrogen (secondary N) is 2. The number of aryl methyl sites for hydroxylation is 2. The molecule has 1 aliphatic rings. The van der Waals surface area contributed by atoms with Crippen molar-refractivity contribution in [1.82, 2.24) is 5.32 Å². The highest BCUT2D eigenvalue weighted by atomic mass is 16.2. The van der Waals surface area contributed by atoms with Crippen LogP contribution in [0.1, 0.15) is 24.0 Å². The van der Waals surface area contributed by atoms with E-state index in [1.54, 1.807) is 0 Å². The summed E-state index contributed by atoms with van der Waals surface area (Å²) in [5.41, 5.74) is 3.52. The predicted octanol–water partition coefficient (Wildman–Crippen LogP) is 3.16. The first-order valence-corrected chi connectivity index (χ1v) is 7.98. The Labute approximate surface area is 131 Å². The summed E-state index contributed by atoms with van der Waals surface area (Å²) in [4.78, 5) is 12.0. The van der Waals surface area contributed by atoms with Crippen LogP contribution in [-0.2, 0) is 17.6 Å². The van der Waals surface area contributed by atoms with Crippen LogP contribution in [0, 0.1) is 0 Å². The fraction of sp³-hybridized carbons (Fsp3) is 0.316. The van der Waals surface area contributed by atoms with Crippen LogP contribution in [0.4, 0.5) is 5.69 Å². The third kappa shape index (κ3) is 3.95. The highest BCUT2D eigenvalue weighted by molar-refractivity contribution is 5.95. The van der Waals surface area contributed by atoms with Gasteiger partial charge in [0.15, 0.2) is 0 Å². The van der Waals surface area contributed by atoms with E-state index in [2.05, 4.69) is 47.0 Å². The molecule has 0 aliphatic carbocycles. The van der Waals surface area contributed by atoms with Gasteiger partial charge in [-0.15, -0.1) is 0 Å². The second-order valence-corrected chi connectivity index (χ2v) is 5.82. The van der Waals surface area contributed by atoms with E-state index in [4.69, 9.17) is 0 Å². The molecule has 2 aromatic carbocycles. The Morgan fingerprint density at radius 1 is 1.00 bits per heavy atom. The minimum absolute atomic E-state index is 0.0299. The van der Waals surface area contributed by atoms with Gasteiger partial charge in [-0.05, 0) is 55.5 Å². The van der Waals surface area contributed by atoms with Gasteiger partial charge < -0.3 is 10.6 Å². The molecule has 1 unspecified atom stereocenters. The van der Waals surface area contributed by atoms with E-state index < -0.39 is 0 Å². The number of hydrogen-bond donors (Lipinski definition) is 2. The zero-order valence-corrected chi connectivity index (χ0v) is 12.7. The van der Waals surface area contributed by atoms with Gasteiger partial charge in [0, 0.05) is 5.69 Å². The number of hydrogen-bond acceptors (Lipinski definition) is 2. The zero-order chi connectivity index (χ0) is 15.2. The lowest BCUT2D eigenvalue weighted by molar-refractivity contribution is -0.117. The molecule has 0 saturated carbocycles. The Morgan fingerprint density at radius 2 is 1.68 bits per heavy atom. The van der Waals surface area contributed by atoms with E-state index in [9.17, 15) is 4.79 Å². The molecule has 0 aromatic heterocycles. The van der Waals surface area contributed by atoms with Crippen molar-refractivity contribution in [2.24, 2.45) is 0 Å². The molecule has 2 aromatic rings. The van der Waals surface area contributed by atoms with E-state index in [1.165, 1.54) is 11.1 Å². The molecule has 1 heterocycles. The van der Waals surface area contributed by atoms with Crippen molar-refractivity contribution in [3.8, 4) is 0 Å². The van der Waals surface area contributed by atoms with Crippen LogP contribution in [0.15, 0.2) is 54.6 Å². The van der Waals surface area contributed by atoms with E-state index >= 15 is 0 Å². The summed E-state index contributed by atoms with van der Waals surface area (Å²) in [5, 5.41) is 6.20. The molecule has 2 N–H and O–H groups in total. The van der Waals surface area contributed by atoms with Gasteiger partial charge in [-0.3, -0.25) is 4.79 Å². The maximum absolute atomic E-state index is 12.0. The summed E-state index contributed by atoms with van der Waals surface area (Å²) >= 11 is 0. The Kier molecular flexibility index (Phi) is 4.86. The molecule has 1 fully saturated rings. The molecule has 22 heavy (non-hydrogen) atoms. The van der Waals surface area contributed by atoms with Gasteiger partial charge >= 0.3 is 0 Å². The zero-order valence-electron chi connectivity index (χ0n) is 12.7. The maximum atomic E-state index is 12.0. The Bertz CT molecular complexity index is 601. The van der Waals surface area contributed by atoms with Crippen molar-refractivity contribution in [1.29, 1.82) is 0 Å². The molecule has 1 aliphatic heterocycles. The molecule has 3 heteroatoms. The van der Waals surface area contributed by atoms with Crippen LogP contribution in [0.3, 0.4) is 0 Å². The van der Waals surface area contributed by atoms with Crippen LogP contribution < -0.4 is 10.6 Å². The lowest BCUT2D eigenvalue weighted by Crippen LogP contribution is -2.35. The number of carbonyl (C=O) groups excluding carboxylic acids is 1. The second-order valence-electron chi connectivity index (χ2n) is 5.82. The third-order valence-corrected chi connectivity index (χ3v) is 4.14. The van der Waals surface area contributed by atoms with Gasteiger partial charge in [0.1, 0.15) is 0 Å². The molecular formula is C19H22N2O. The average molecular weight is 294 g/mol. The van der Waals surface area contributed by atoms with Crippen molar-refractivity contribution >= 4 is 11.6 Å². The number of rotatable bonds is 5. The molecule has 1 saturated heterocycles. The summed E-state index contributed by atoms with van der Waals surface area (Å²) in [6.07, 6.45) is 4.07. The van der Waals surface area contributed by atoms with E-state index in [0.717, 1.165) is 37.9 Å². The minimum Gasteiger partial charge on any atom is -0.325 e. The Balaban J connectivity index is 1.52. The third-order valence-electron chi connectivity index (χ3n) is 4.14. The first kappa shape index (κ1) is 14.8. The SMILES string of the molecule is O=C(Nc1ccc(CCc2ccccc2)cc1)C1CCCN1. The fourth-order valence-corrected chi connectivity index (χ4v) is 2.83.